The molecule has 2 amide bonds. The second-order valence-corrected chi connectivity index (χ2v) is 7.96. The summed E-state index contributed by atoms with van der Waals surface area (Å²) >= 11 is 0. The summed E-state index contributed by atoms with van der Waals surface area (Å²) in [6.45, 7) is 2.01. The monoisotopic (exact) mass is 447 g/mol. The van der Waals surface area contributed by atoms with E-state index in [0.29, 0.717) is 44.2 Å². The van der Waals surface area contributed by atoms with Gasteiger partial charge in [0.2, 0.25) is 11.8 Å². The number of carbonyl (C=O) groups excluding carboxylic acids is 2. The fourth-order valence-electron chi connectivity index (χ4n) is 4.21. The van der Waals surface area contributed by atoms with Crippen molar-refractivity contribution in [1.29, 1.82) is 0 Å². The second-order valence-electron chi connectivity index (χ2n) is 7.96. The molecule has 2 fully saturated rings. The Morgan fingerprint density at radius 3 is 2.31 bits per heavy atom. The molecule has 0 unspecified atom stereocenters. The van der Waals surface area contributed by atoms with Crippen LogP contribution >= 0.6 is 0 Å². The zero-order valence-corrected chi connectivity index (χ0v) is 17.6. The van der Waals surface area contributed by atoms with Gasteiger partial charge in [-0.3, -0.25) is 9.59 Å². The molecule has 9 heteroatoms. The maximum Gasteiger partial charge on any atom is 0.416 e. The van der Waals surface area contributed by atoms with Crippen LogP contribution in [-0.4, -0.2) is 56.5 Å². The van der Waals surface area contributed by atoms with Crippen molar-refractivity contribution in [2.24, 2.45) is 5.92 Å². The lowest BCUT2D eigenvalue weighted by molar-refractivity contribution is -0.137. The second kappa shape index (κ2) is 8.72. The van der Waals surface area contributed by atoms with Gasteiger partial charge in [-0.15, -0.1) is 0 Å². The molecule has 2 aliphatic rings. The third-order valence-electron chi connectivity index (χ3n) is 5.99. The first-order chi connectivity index (χ1) is 15.3. The van der Waals surface area contributed by atoms with Crippen LogP contribution in [0.4, 0.5) is 24.5 Å². The molecule has 0 aromatic heterocycles. The average molecular weight is 447 g/mol. The SMILES string of the molecule is COc1ccc(N2C[C@H](C(=O)N3CCN(c4cccc(C(F)(F)F)c4)CC3)CC2=O)cc1. The Kier molecular flexibility index (Phi) is 5.99. The van der Waals surface area contributed by atoms with E-state index in [1.807, 2.05) is 4.90 Å². The molecular formula is C23H24F3N3O3. The maximum absolute atomic E-state index is 13.0. The number of benzene rings is 2. The van der Waals surface area contributed by atoms with E-state index in [0.717, 1.165) is 17.8 Å². The molecular weight excluding hydrogens is 423 g/mol. The first-order valence-electron chi connectivity index (χ1n) is 10.4. The first-order valence-corrected chi connectivity index (χ1v) is 10.4. The molecule has 0 saturated carbocycles. The Balaban J connectivity index is 1.36. The Morgan fingerprint density at radius 2 is 1.69 bits per heavy atom. The van der Waals surface area contributed by atoms with Crippen molar-refractivity contribution in [3.05, 3.63) is 54.1 Å². The van der Waals surface area contributed by atoms with Crippen LogP contribution in [0.1, 0.15) is 12.0 Å². The van der Waals surface area contributed by atoms with Gasteiger partial charge in [0.1, 0.15) is 5.75 Å². The first kappa shape index (κ1) is 22.0. The van der Waals surface area contributed by atoms with Crippen LogP contribution in [0.15, 0.2) is 48.5 Å². The minimum atomic E-state index is -4.39. The molecule has 2 saturated heterocycles. The van der Waals surface area contributed by atoms with Crippen molar-refractivity contribution in [3.63, 3.8) is 0 Å². The largest absolute Gasteiger partial charge is 0.497 e. The minimum absolute atomic E-state index is 0.0851. The molecule has 0 radical (unpaired) electrons. The van der Waals surface area contributed by atoms with Gasteiger partial charge in [-0.05, 0) is 42.5 Å². The molecule has 1 atom stereocenters. The van der Waals surface area contributed by atoms with Gasteiger partial charge in [0, 0.05) is 50.5 Å². The summed E-state index contributed by atoms with van der Waals surface area (Å²) < 4.78 is 44.1. The van der Waals surface area contributed by atoms with Crippen molar-refractivity contribution in [1.82, 2.24) is 4.90 Å². The highest BCUT2D eigenvalue weighted by molar-refractivity contribution is 6.00. The summed E-state index contributed by atoms with van der Waals surface area (Å²) in [6, 6.07) is 12.3. The topological polar surface area (TPSA) is 53.1 Å². The van der Waals surface area contributed by atoms with Crippen molar-refractivity contribution >= 4 is 23.2 Å². The summed E-state index contributed by atoms with van der Waals surface area (Å²) in [5.74, 6) is 0.0746. The number of methoxy groups -OCH3 is 1. The standard InChI is InChI=1S/C23H24F3N3O3/c1-32-20-7-5-18(6-8-20)29-15-16(13-21(29)30)22(31)28-11-9-27(10-12-28)19-4-2-3-17(14-19)23(24,25)26/h2-8,14,16H,9-13,15H2,1H3/t16-/m1/s1. The fraction of sp³-hybridized carbons (Fsp3) is 0.391. The molecule has 4 rings (SSSR count). The Bertz CT molecular complexity index is 986. The number of hydrogen-bond acceptors (Lipinski definition) is 4. The quantitative estimate of drug-likeness (QED) is 0.721. The molecule has 0 spiro atoms. The minimum Gasteiger partial charge on any atom is -0.497 e. The number of hydrogen-bond donors (Lipinski definition) is 0. The van der Waals surface area contributed by atoms with E-state index < -0.39 is 17.7 Å². The van der Waals surface area contributed by atoms with Gasteiger partial charge >= 0.3 is 6.18 Å². The lowest BCUT2D eigenvalue weighted by Crippen LogP contribution is -2.50. The van der Waals surface area contributed by atoms with E-state index >= 15 is 0 Å². The van der Waals surface area contributed by atoms with E-state index in [1.165, 1.54) is 6.07 Å². The van der Waals surface area contributed by atoms with Crippen LogP contribution in [0, 0.1) is 5.92 Å². The Labute approximate surface area is 184 Å². The summed E-state index contributed by atoms with van der Waals surface area (Å²) in [7, 11) is 1.57. The summed E-state index contributed by atoms with van der Waals surface area (Å²) in [6.07, 6.45) is -4.24. The molecule has 32 heavy (non-hydrogen) atoms. The number of carbonyl (C=O) groups is 2. The molecule has 0 N–H and O–H groups in total. The lowest BCUT2D eigenvalue weighted by atomic mass is 10.1. The van der Waals surface area contributed by atoms with Crippen molar-refractivity contribution in [2.45, 2.75) is 12.6 Å². The van der Waals surface area contributed by atoms with Crippen LogP contribution in [-0.2, 0) is 15.8 Å². The summed E-state index contributed by atoms with van der Waals surface area (Å²) in [5.41, 5.74) is 0.533. The highest BCUT2D eigenvalue weighted by Gasteiger charge is 2.38. The number of anilines is 2. The third kappa shape index (κ3) is 4.51. The van der Waals surface area contributed by atoms with Gasteiger partial charge in [-0.2, -0.15) is 13.2 Å². The average Bonchev–Trinajstić information content (AvgIpc) is 3.20. The van der Waals surface area contributed by atoms with E-state index in [1.54, 1.807) is 47.2 Å². The molecule has 2 aliphatic heterocycles. The third-order valence-corrected chi connectivity index (χ3v) is 5.99. The van der Waals surface area contributed by atoms with Crippen molar-refractivity contribution in [3.8, 4) is 5.75 Å². The maximum atomic E-state index is 13.0. The Morgan fingerprint density at radius 1 is 1.00 bits per heavy atom. The number of amides is 2. The summed E-state index contributed by atoms with van der Waals surface area (Å²) in [5, 5.41) is 0. The zero-order chi connectivity index (χ0) is 22.9. The predicted octanol–water partition coefficient (Wildman–Crippen LogP) is 3.42. The van der Waals surface area contributed by atoms with Gasteiger partial charge in [-0.25, -0.2) is 0 Å². The lowest BCUT2D eigenvalue weighted by Gasteiger charge is -2.37. The number of rotatable bonds is 4. The highest BCUT2D eigenvalue weighted by atomic mass is 19.4. The predicted molar refractivity (Wildman–Crippen MR) is 114 cm³/mol. The molecule has 170 valence electrons. The van der Waals surface area contributed by atoms with Crippen LogP contribution in [0.5, 0.6) is 5.75 Å². The molecule has 2 aromatic carbocycles. The van der Waals surface area contributed by atoms with Crippen LogP contribution in [0.25, 0.3) is 0 Å². The molecule has 0 aliphatic carbocycles. The van der Waals surface area contributed by atoms with Crippen LogP contribution < -0.4 is 14.5 Å². The van der Waals surface area contributed by atoms with E-state index in [9.17, 15) is 22.8 Å². The number of halogens is 3. The van der Waals surface area contributed by atoms with Gasteiger partial charge in [0.25, 0.3) is 0 Å². The Hall–Kier alpha value is -3.23. The van der Waals surface area contributed by atoms with Crippen LogP contribution in [0.2, 0.25) is 0 Å². The molecule has 2 heterocycles. The van der Waals surface area contributed by atoms with Crippen molar-refractivity contribution in [2.75, 3.05) is 49.6 Å². The normalized spacial score (nSPS) is 19.4. The van der Waals surface area contributed by atoms with E-state index in [2.05, 4.69) is 0 Å². The fourth-order valence-corrected chi connectivity index (χ4v) is 4.21. The van der Waals surface area contributed by atoms with E-state index in [-0.39, 0.29) is 18.2 Å². The summed E-state index contributed by atoms with van der Waals surface area (Å²) in [4.78, 5) is 30.7. The zero-order valence-electron chi connectivity index (χ0n) is 17.6. The van der Waals surface area contributed by atoms with Gasteiger partial charge in [-0.1, -0.05) is 6.07 Å². The number of alkyl halides is 3. The number of ether oxygens (including phenoxy) is 1. The van der Waals surface area contributed by atoms with Crippen molar-refractivity contribution < 1.29 is 27.5 Å². The smallest absolute Gasteiger partial charge is 0.416 e. The molecule has 2 aromatic rings. The number of piperazine rings is 1. The number of nitrogens with zero attached hydrogens (tertiary/aromatic N) is 3. The molecule has 6 nitrogen and oxygen atoms in total. The van der Waals surface area contributed by atoms with Gasteiger partial charge < -0.3 is 19.4 Å². The highest BCUT2D eigenvalue weighted by Crippen LogP contribution is 2.32. The van der Waals surface area contributed by atoms with Crippen LogP contribution in [0.3, 0.4) is 0 Å². The van der Waals surface area contributed by atoms with Gasteiger partial charge in [0.05, 0.1) is 18.6 Å². The van der Waals surface area contributed by atoms with Gasteiger partial charge in [0.15, 0.2) is 0 Å². The molecule has 0 bridgehead atoms. The van der Waals surface area contributed by atoms with E-state index in [4.69, 9.17) is 4.74 Å².